The van der Waals surface area contributed by atoms with Gasteiger partial charge in [0.1, 0.15) is 23.7 Å². The molecule has 1 unspecified atom stereocenters. The number of nitriles is 1. The molecule has 0 aromatic carbocycles. The Morgan fingerprint density at radius 2 is 2.42 bits per heavy atom. The maximum Gasteiger partial charge on any atom is 0.270 e. The zero-order chi connectivity index (χ0) is 17.1. The molecule has 1 fully saturated rings. The summed E-state index contributed by atoms with van der Waals surface area (Å²) in [6.07, 6.45) is 3.14. The predicted molar refractivity (Wildman–Crippen MR) is 85.1 cm³/mol. The molecule has 126 valence electrons. The van der Waals surface area contributed by atoms with Gasteiger partial charge in [-0.2, -0.15) is 10.4 Å². The molecular formula is C16H20N6O2. The van der Waals surface area contributed by atoms with Crippen LogP contribution in [0.15, 0.2) is 12.3 Å². The number of aryl methyl sites for hydroxylation is 2. The first-order valence-corrected chi connectivity index (χ1v) is 8.01. The Bertz CT molecular complexity index is 772. The van der Waals surface area contributed by atoms with Crippen molar-refractivity contribution in [2.24, 2.45) is 7.05 Å². The van der Waals surface area contributed by atoms with E-state index in [1.165, 1.54) is 0 Å². The van der Waals surface area contributed by atoms with Crippen molar-refractivity contribution in [1.29, 1.82) is 5.26 Å². The van der Waals surface area contributed by atoms with Gasteiger partial charge >= 0.3 is 0 Å². The molecule has 1 aliphatic rings. The van der Waals surface area contributed by atoms with Crippen molar-refractivity contribution in [2.75, 3.05) is 19.7 Å². The van der Waals surface area contributed by atoms with Crippen LogP contribution >= 0.6 is 0 Å². The van der Waals surface area contributed by atoms with Crippen LogP contribution in [-0.2, 0) is 18.2 Å². The smallest absolute Gasteiger partial charge is 0.270 e. The van der Waals surface area contributed by atoms with E-state index in [9.17, 15) is 4.79 Å². The Kier molecular flexibility index (Phi) is 4.62. The highest BCUT2D eigenvalue weighted by Crippen LogP contribution is 2.21. The van der Waals surface area contributed by atoms with Crippen LogP contribution in [0.4, 0.5) is 0 Å². The molecule has 8 nitrogen and oxygen atoms in total. The molecule has 0 bridgehead atoms. The van der Waals surface area contributed by atoms with Crippen LogP contribution in [0.1, 0.15) is 47.1 Å². The zero-order valence-electron chi connectivity index (χ0n) is 13.8. The quantitative estimate of drug-likeness (QED) is 0.908. The van der Waals surface area contributed by atoms with E-state index in [4.69, 9.17) is 10.00 Å². The summed E-state index contributed by atoms with van der Waals surface area (Å²) in [5, 5.41) is 16.1. The van der Waals surface area contributed by atoms with Crippen molar-refractivity contribution in [1.82, 2.24) is 24.6 Å². The predicted octanol–water partition coefficient (Wildman–Crippen LogP) is 1.18. The highest BCUT2D eigenvalue weighted by molar-refractivity contribution is 5.93. The van der Waals surface area contributed by atoms with E-state index in [2.05, 4.69) is 28.2 Å². The number of aromatic amines is 1. The van der Waals surface area contributed by atoms with Crippen LogP contribution in [0, 0.1) is 11.3 Å². The summed E-state index contributed by atoms with van der Waals surface area (Å²) in [7, 11) is 1.76. The minimum Gasteiger partial charge on any atom is -0.366 e. The number of morpholine rings is 1. The lowest BCUT2D eigenvalue weighted by Gasteiger charge is -2.31. The van der Waals surface area contributed by atoms with E-state index in [0.717, 1.165) is 18.7 Å². The first-order chi connectivity index (χ1) is 11.6. The SMILES string of the molecule is CCCc1nc(C2CN(C(=O)c3cc(C#N)cn3C)CCO2)n[nH]1. The maximum absolute atomic E-state index is 12.7. The van der Waals surface area contributed by atoms with Crippen molar-refractivity contribution in [3.63, 3.8) is 0 Å². The molecular weight excluding hydrogens is 308 g/mol. The van der Waals surface area contributed by atoms with Gasteiger partial charge in [0.2, 0.25) is 0 Å². The van der Waals surface area contributed by atoms with Crippen LogP contribution in [0.5, 0.6) is 0 Å². The van der Waals surface area contributed by atoms with Crippen molar-refractivity contribution in [3.05, 3.63) is 35.2 Å². The fourth-order valence-electron chi connectivity index (χ4n) is 2.79. The van der Waals surface area contributed by atoms with Gasteiger partial charge in [-0.05, 0) is 12.5 Å². The number of hydrogen-bond acceptors (Lipinski definition) is 5. The second-order valence-corrected chi connectivity index (χ2v) is 5.84. The Balaban J connectivity index is 1.73. The molecule has 0 saturated carbocycles. The molecule has 8 heteroatoms. The number of hydrogen-bond donors (Lipinski definition) is 1. The van der Waals surface area contributed by atoms with Crippen LogP contribution in [0.3, 0.4) is 0 Å². The summed E-state index contributed by atoms with van der Waals surface area (Å²) in [6.45, 7) is 3.42. The van der Waals surface area contributed by atoms with Gasteiger partial charge in [-0.25, -0.2) is 4.98 Å². The number of aromatic nitrogens is 4. The third kappa shape index (κ3) is 3.16. The lowest BCUT2D eigenvalue weighted by Crippen LogP contribution is -2.43. The molecule has 24 heavy (non-hydrogen) atoms. The second-order valence-electron chi connectivity index (χ2n) is 5.84. The average Bonchev–Trinajstić information content (AvgIpc) is 3.21. The fourth-order valence-corrected chi connectivity index (χ4v) is 2.79. The number of carbonyl (C=O) groups is 1. The number of rotatable bonds is 4. The zero-order valence-corrected chi connectivity index (χ0v) is 13.8. The molecule has 2 aromatic rings. The normalized spacial score (nSPS) is 17.7. The number of carbonyl (C=O) groups excluding carboxylic acids is 1. The van der Waals surface area contributed by atoms with E-state index >= 15 is 0 Å². The summed E-state index contributed by atoms with van der Waals surface area (Å²) in [5.41, 5.74) is 0.970. The maximum atomic E-state index is 12.7. The van der Waals surface area contributed by atoms with E-state index < -0.39 is 0 Å². The van der Waals surface area contributed by atoms with Crippen LogP contribution < -0.4 is 0 Å². The third-order valence-corrected chi connectivity index (χ3v) is 4.03. The largest absolute Gasteiger partial charge is 0.366 e. The number of amides is 1. The number of H-pyrrole nitrogens is 1. The van der Waals surface area contributed by atoms with Gasteiger partial charge in [0.25, 0.3) is 5.91 Å². The summed E-state index contributed by atoms with van der Waals surface area (Å²) in [6, 6.07) is 3.66. The lowest BCUT2D eigenvalue weighted by molar-refractivity contribution is -0.0269. The van der Waals surface area contributed by atoms with E-state index in [1.54, 1.807) is 28.8 Å². The van der Waals surface area contributed by atoms with Gasteiger partial charge in [0.15, 0.2) is 5.82 Å². The summed E-state index contributed by atoms with van der Waals surface area (Å²) in [5.74, 6) is 1.30. The average molecular weight is 328 g/mol. The highest BCUT2D eigenvalue weighted by Gasteiger charge is 2.29. The molecule has 0 radical (unpaired) electrons. The third-order valence-electron chi connectivity index (χ3n) is 4.03. The molecule has 1 atom stereocenters. The Morgan fingerprint density at radius 1 is 1.58 bits per heavy atom. The minimum atomic E-state index is -0.333. The molecule has 1 aliphatic heterocycles. The Labute approximate surface area is 140 Å². The molecule has 1 saturated heterocycles. The van der Waals surface area contributed by atoms with Crippen molar-refractivity contribution < 1.29 is 9.53 Å². The van der Waals surface area contributed by atoms with E-state index in [1.807, 2.05) is 0 Å². The summed E-state index contributed by atoms with van der Waals surface area (Å²) < 4.78 is 7.41. The van der Waals surface area contributed by atoms with Gasteiger partial charge in [0, 0.05) is 26.2 Å². The van der Waals surface area contributed by atoms with Crippen LogP contribution in [0.25, 0.3) is 0 Å². The molecule has 1 N–H and O–H groups in total. The Hall–Kier alpha value is -2.66. The summed E-state index contributed by atoms with van der Waals surface area (Å²) in [4.78, 5) is 18.9. The standard InChI is InChI=1S/C16H20N6O2/c1-3-4-14-18-15(20-19-14)13-10-22(5-6-24-13)16(23)12-7-11(8-17)9-21(12)2/h7,9,13H,3-6,10H2,1-2H3,(H,18,19,20). The molecule has 2 aromatic heterocycles. The van der Waals surface area contributed by atoms with Crippen LogP contribution in [0.2, 0.25) is 0 Å². The molecule has 3 rings (SSSR count). The number of nitrogens with zero attached hydrogens (tertiary/aromatic N) is 5. The van der Waals surface area contributed by atoms with Gasteiger partial charge in [-0.1, -0.05) is 6.92 Å². The highest BCUT2D eigenvalue weighted by atomic mass is 16.5. The first-order valence-electron chi connectivity index (χ1n) is 8.01. The first kappa shape index (κ1) is 16.2. The van der Waals surface area contributed by atoms with Crippen molar-refractivity contribution in [3.8, 4) is 6.07 Å². The lowest BCUT2D eigenvalue weighted by atomic mass is 10.2. The van der Waals surface area contributed by atoms with Crippen molar-refractivity contribution in [2.45, 2.75) is 25.9 Å². The molecule has 1 amide bonds. The monoisotopic (exact) mass is 328 g/mol. The molecule has 3 heterocycles. The van der Waals surface area contributed by atoms with Gasteiger partial charge in [-0.3, -0.25) is 9.89 Å². The molecule has 0 aliphatic carbocycles. The van der Waals surface area contributed by atoms with Crippen LogP contribution in [-0.4, -0.2) is 50.3 Å². The Morgan fingerprint density at radius 3 is 3.12 bits per heavy atom. The second kappa shape index (κ2) is 6.84. The van der Waals surface area contributed by atoms with Gasteiger partial charge in [0.05, 0.1) is 18.7 Å². The van der Waals surface area contributed by atoms with E-state index in [-0.39, 0.29) is 12.0 Å². The topological polar surface area (TPSA) is 99.8 Å². The van der Waals surface area contributed by atoms with Gasteiger partial charge in [-0.15, -0.1) is 0 Å². The molecule has 0 spiro atoms. The number of nitrogens with one attached hydrogen (secondary N) is 1. The summed E-state index contributed by atoms with van der Waals surface area (Å²) >= 11 is 0. The minimum absolute atomic E-state index is 0.114. The van der Waals surface area contributed by atoms with Gasteiger partial charge < -0.3 is 14.2 Å². The fraction of sp³-hybridized carbons (Fsp3) is 0.500. The van der Waals surface area contributed by atoms with Crippen molar-refractivity contribution >= 4 is 5.91 Å². The van der Waals surface area contributed by atoms with E-state index in [0.29, 0.717) is 36.8 Å². The number of ether oxygens (including phenoxy) is 1.